The van der Waals surface area contributed by atoms with Crippen LogP contribution in [0.1, 0.15) is 23.4 Å². The molecule has 0 unspecified atom stereocenters. The van der Waals surface area contributed by atoms with Crippen molar-refractivity contribution in [2.75, 3.05) is 13.7 Å². The highest BCUT2D eigenvalue weighted by molar-refractivity contribution is 8.00. The topological polar surface area (TPSA) is 76.6 Å². The molecule has 0 bridgehead atoms. The van der Waals surface area contributed by atoms with Gasteiger partial charge in [-0.3, -0.25) is 5.10 Å². The minimum Gasteiger partial charge on any atom is -0.384 e. The van der Waals surface area contributed by atoms with E-state index in [-0.39, 0.29) is 0 Å². The van der Waals surface area contributed by atoms with Gasteiger partial charge >= 0.3 is 0 Å². The average molecular weight is 359 g/mol. The maximum atomic E-state index is 5.05. The number of hydrogen-bond donors (Lipinski definition) is 1. The summed E-state index contributed by atoms with van der Waals surface area (Å²) in [6, 6.07) is 6.55. The monoisotopic (exact) mass is 359 g/mol. The Morgan fingerprint density at radius 1 is 1.25 bits per heavy atom. The lowest BCUT2D eigenvalue weighted by atomic mass is 10.1. The molecule has 3 aromatic rings. The maximum absolute atomic E-state index is 5.05. The number of aromatic amines is 1. The van der Waals surface area contributed by atoms with Gasteiger partial charge in [0.25, 0.3) is 0 Å². The lowest BCUT2D eigenvalue weighted by Crippen LogP contribution is -1.95. The number of H-pyrrole nitrogens is 1. The van der Waals surface area contributed by atoms with Crippen LogP contribution in [-0.4, -0.2) is 38.3 Å². The van der Waals surface area contributed by atoms with E-state index in [1.165, 1.54) is 47.3 Å². The third-order valence-corrected chi connectivity index (χ3v) is 5.65. The first-order chi connectivity index (χ1) is 11.8. The van der Waals surface area contributed by atoms with Gasteiger partial charge < -0.3 is 4.74 Å². The molecule has 2 aromatic heterocycles. The van der Waals surface area contributed by atoms with E-state index < -0.39 is 0 Å². The van der Waals surface area contributed by atoms with Crippen LogP contribution in [0.15, 0.2) is 27.7 Å². The molecule has 1 aromatic carbocycles. The number of aromatic nitrogens is 5. The molecule has 24 heavy (non-hydrogen) atoms. The van der Waals surface area contributed by atoms with Gasteiger partial charge in [0.1, 0.15) is 5.82 Å². The second-order valence-electron chi connectivity index (χ2n) is 5.63. The lowest BCUT2D eigenvalue weighted by molar-refractivity contribution is 0.200. The van der Waals surface area contributed by atoms with Crippen LogP contribution in [0.2, 0.25) is 0 Å². The van der Waals surface area contributed by atoms with Gasteiger partial charge in [-0.1, -0.05) is 12.1 Å². The molecule has 0 amide bonds. The van der Waals surface area contributed by atoms with Crippen LogP contribution in [0.3, 0.4) is 0 Å². The Hall–Kier alpha value is -1.77. The minimum absolute atomic E-state index is 0.629. The fraction of sp³-hybridized carbons (Fsp3) is 0.375. The summed E-state index contributed by atoms with van der Waals surface area (Å²) in [4.78, 5) is 9.05. The van der Waals surface area contributed by atoms with Crippen LogP contribution < -0.4 is 0 Å². The van der Waals surface area contributed by atoms with E-state index >= 15 is 0 Å². The molecule has 2 heterocycles. The van der Waals surface area contributed by atoms with E-state index in [0.717, 1.165) is 34.4 Å². The van der Waals surface area contributed by atoms with E-state index in [2.05, 4.69) is 42.7 Å². The fourth-order valence-electron chi connectivity index (χ4n) is 2.79. The van der Waals surface area contributed by atoms with Crippen LogP contribution in [0.25, 0.3) is 11.4 Å². The van der Waals surface area contributed by atoms with Crippen molar-refractivity contribution in [2.24, 2.45) is 0 Å². The SMILES string of the molecule is COCCc1nsc(Sc2n[nH]c(-c3ccc4c(c3)CCC4)n2)n1. The summed E-state index contributed by atoms with van der Waals surface area (Å²) in [5.74, 6) is 1.61. The Balaban J connectivity index is 1.47. The first kappa shape index (κ1) is 15.7. The number of methoxy groups -OCH3 is 1. The zero-order valence-electron chi connectivity index (χ0n) is 13.3. The lowest BCUT2D eigenvalue weighted by Gasteiger charge is -2.01. The average Bonchev–Trinajstić information content (AvgIpc) is 3.33. The zero-order chi connectivity index (χ0) is 16.4. The molecule has 8 heteroatoms. The summed E-state index contributed by atoms with van der Waals surface area (Å²) in [6.07, 6.45) is 4.32. The number of nitrogens with zero attached hydrogens (tertiary/aromatic N) is 4. The summed E-state index contributed by atoms with van der Waals surface area (Å²) in [5.41, 5.74) is 3.99. The van der Waals surface area contributed by atoms with Gasteiger partial charge in [-0.05, 0) is 59.8 Å². The molecule has 0 saturated carbocycles. The number of ether oxygens (including phenoxy) is 1. The molecule has 0 fully saturated rings. The molecule has 0 saturated heterocycles. The van der Waals surface area contributed by atoms with Gasteiger partial charge in [-0.15, -0.1) is 5.10 Å². The van der Waals surface area contributed by atoms with Crippen molar-refractivity contribution < 1.29 is 4.74 Å². The number of aryl methyl sites for hydroxylation is 2. The van der Waals surface area contributed by atoms with Crippen molar-refractivity contribution in [1.82, 2.24) is 24.5 Å². The summed E-state index contributed by atoms with van der Waals surface area (Å²) in [5, 5.41) is 7.99. The van der Waals surface area contributed by atoms with E-state index in [1.54, 1.807) is 7.11 Å². The van der Waals surface area contributed by atoms with Crippen molar-refractivity contribution in [2.45, 2.75) is 35.2 Å². The van der Waals surface area contributed by atoms with Crippen LogP contribution in [-0.2, 0) is 24.0 Å². The zero-order valence-corrected chi connectivity index (χ0v) is 14.9. The maximum Gasteiger partial charge on any atom is 0.215 e. The Morgan fingerprint density at radius 3 is 3.08 bits per heavy atom. The summed E-state index contributed by atoms with van der Waals surface area (Å²) in [7, 11) is 1.68. The second-order valence-corrected chi connectivity index (χ2v) is 7.59. The highest BCUT2D eigenvalue weighted by Crippen LogP contribution is 2.30. The predicted molar refractivity (Wildman–Crippen MR) is 93.5 cm³/mol. The van der Waals surface area contributed by atoms with Crippen molar-refractivity contribution in [3.63, 3.8) is 0 Å². The van der Waals surface area contributed by atoms with Crippen molar-refractivity contribution >= 4 is 23.3 Å². The van der Waals surface area contributed by atoms with E-state index in [1.807, 2.05) is 0 Å². The first-order valence-electron chi connectivity index (χ1n) is 7.86. The van der Waals surface area contributed by atoms with Gasteiger partial charge in [-0.25, -0.2) is 9.97 Å². The number of benzene rings is 1. The van der Waals surface area contributed by atoms with Gasteiger partial charge in [0.05, 0.1) is 6.61 Å². The first-order valence-corrected chi connectivity index (χ1v) is 9.45. The van der Waals surface area contributed by atoms with Crippen molar-refractivity contribution in [1.29, 1.82) is 0 Å². The summed E-state index contributed by atoms with van der Waals surface area (Å²) in [6.45, 7) is 0.629. The van der Waals surface area contributed by atoms with Crippen LogP contribution in [0.4, 0.5) is 0 Å². The van der Waals surface area contributed by atoms with Gasteiger partial charge in [0, 0.05) is 19.1 Å². The molecule has 124 valence electrons. The van der Waals surface area contributed by atoms with Crippen LogP contribution in [0.5, 0.6) is 0 Å². The molecule has 1 aliphatic rings. The molecule has 0 aliphatic heterocycles. The Bertz CT molecular complexity index is 845. The molecular weight excluding hydrogens is 342 g/mol. The number of fused-ring (bicyclic) bond motifs is 1. The molecule has 6 nitrogen and oxygen atoms in total. The van der Waals surface area contributed by atoms with Crippen LogP contribution in [0, 0.1) is 0 Å². The molecular formula is C16H17N5OS2. The molecule has 0 spiro atoms. The minimum atomic E-state index is 0.629. The third kappa shape index (κ3) is 3.35. The second kappa shape index (κ2) is 7.00. The van der Waals surface area contributed by atoms with Gasteiger partial charge in [-0.2, -0.15) is 4.37 Å². The summed E-state index contributed by atoms with van der Waals surface area (Å²) < 4.78 is 10.2. The van der Waals surface area contributed by atoms with E-state index in [0.29, 0.717) is 11.8 Å². The van der Waals surface area contributed by atoms with E-state index in [9.17, 15) is 0 Å². The van der Waals surface area contributed by atoms with Crippen LogP contribution >= 0.6 is 23.3 Å². The normalized spacial score (nSPS) is 13.4. The highest BCUT2D eigenvalue weighted by atomic mass is 32.2. The molecule has 0 radical (unpaired) electrons. The Labute approximate surface area is 148 Å². The van der Waals surface area contributed by atoms with Crippen molar-refractivity contribution in [3.05, 3.63) is 35.2 Å². The highest BCUT2D eigenvalue weighted by Gasteiger charge is 2.14. The number of hydrogen-bond acceptors (Lipinski definition) is 7. The molecule has 1 aliphatic carbocycles. The largest absolute Gasteiger partial charge is 0.384 e. The standard InChI is InChI=1S/C16H17N5OS2/c1-22-8-7-13-17-16(24-21-13)23-15-18-14(19-20-15)12-6-5-10-3-2-4-11(10)9-12/h5-6,9H,2-4,7-8H2,1H3,(H,18,19,20). The molecule has 0 atom stereocenters. The molecule has 4 rings (SSSR count). The number of nitrogens with one attached hydrogen (secondary N) is 1. The van der Waals surface area contributed by atoms with Crippen molar-refractivity contribution in [3.8, 4) is 11.4 Å². The van der Waals surface area contributed by atoms with Gasteiger partial charge in [0.2, 0.25) is 5.16 Å². The number of rotatable bonds is 6. The Morgan fingerprint density at radius 2 is 2.17 bits per heavy atom. The third-order valence-electron chi connectivity index (χ3n) is 3.99. The summed E-state index contributed by atoms with van der Waals surface area (Å²) >= 11 is 2.80. The Kier molecular flexibility index (Phi) is 4.59. The van der Waals surface area contributed by atoms with E-state index in [4.69, 9.17) is 4.74 Å². The fourth-order valence-corrected chi connectivity index (χ4v) is 4.27. The smallest absolute Gasteiger partial charge is 0.215 e. The molecule has 1 N–H and O–H groups in total. The van der Waals surface area contributed by atoms with Gasteiger partial charge in [0.15, 0.2) is 10.2 Å². The quantitative estimate of drug-likeness (QED) is 0.728. The predicted octanol–water partition coefficient (Wildman–Crippen LogP) is 3.15.